The first-order valence-electron chi connectivity index (χ1n) is 10.4. The zero-order valence-electron chi connectivity index (χ0n) is 18.6. The molecule has 0 bridgehead atoms. The van der Waals surface area contributed by atoms with Gasteiger partial charge in [-0.25, -0.2) is 0 Å². The second-order valence-electron chi connectivity index (χ2n) is 7.42. The highest BCUT2D eigenvalue weighted by atomic mass is 79.9. The molecule has 35 heavy (non-hydrogen) atoms. The lowest BCUT2D eigenvalue weighted by atomic mass is 10.2. The van der Waals surface area contributed by atoms with Crippen LogP contribution in [0.4, 0.5) is 11.4 Å². The summed E-state index contributed by atoms with van der Waals surface area (Å²) in [6.45, 7) is 1.41. The lowest BCUT2D eigenvalue weighted by molar-refractivity contribution is -0.147. The highest BCUT2D eigenvalue weighted by Gasteiger charge is 2.12. The van der Waals surface area contributed by atoms with Crippen molar-refractivity contribution in [1.29, 1.82) is 0 Å². The van der Waals surface area contributed by atoms with Gasteiger partial charge in [-0.05, 0) is 73.2 Å². The standard InChI is InChI=1S/C25H21BrCl2N2O5/c1-15-12-16(26)2-8-21(15)30-24(32)14-34-25(33)11-10-23(31)29-18-4-6-19(7-5-18)35-22-9-3-17(27)13-20(22)28/h2-9,12-13H,10-11,14H2,1H3,(H,29,31)(H,30,32). The predicted molar refractivity (Wildman–Crippen MR) is 139 cm³/mol. The van der Waals surface area contributed by atoms with Crippen molar-refractivity contribution in [3.8, 4) is 11.5 Å². The maximum absolute atomic E-state index is 12.2. The average Bonchev–Trinajstić information content (AvgIpc) is 2.81. The van der Waals surface area contributed by atoms with Gasteiger partial charge in [-0.1, -0.05) is 39.1 Å². The number of ether oxygens (including phenoxy) is 2. The Morgan fingerprint density at radius 3 is 2.31 bits per heavy atom. The second-order valence-corrected chi connectivity index (χ2v) is 9.18. The van der Waals surface area contributed by atoms with Gasteiger partial charge in [0.1, 0.15) is 11.5 Å². The number of esters is 1. The number of halogens is 3. The zero-order valence-corrected chi connectivity index (χ0v) is 21.7. The fourth-order valence-corrected chi connectivity index (χ4v) is 3.82. The molecule has 0 fully saturated rings. The fraction of sp³-hybridized carbons (Fsp3) is 0.160. The van der Waals surface area contributed by atoms with Gasteiger partial charge in [0.25, 0.3) is 5.91 Å². The summed E-state index contributed by atoms with van der Waals surface area (Å²) in [6.07, 6.45) is -0.252. The van der Waals surface area contributed by atoms with E-state index in [1.54, 1.807) is 54.6 Å². The Labute approximate surface area is 220 Å². The summed E-state index contributed by atoms with van der Waals surface area (Å²) in [5.41, 5.74) is 2.02. The van der Waals surface area contributed by atoms with Crippen LogP contribution in [0.1, 0.15) is 18.4 Å². The van der Waals surface area contributed by atoms with Crippen LogP contribution in [-0.4, -0.2) is 24.4 Å². The molecule has 0 atom stereocenters. The van der Waals surface area contributed by atoms with Crippen molar-refractivity contribution < 1.29 is 23.9 Å². The number of amides is 2. The topological polar surface area (TPSA) is 93.7 Å². The van der Waals surface area contributed by atoms with Crippen molar-refractivity contribution in [3.05, 3.63) is 80.7 Å². The lowest BCUT2D eigenvalue weighted by Crippen LogP contribution is -2.22. The first-order chi connectivity index (χ1) is 16.7. The molecule has 0 heterocycles. The minimum Gasteiger partial charge on any atom is -0.456 e. The Kier molecular flexibility index (Phi) is 9.54. The number of hydrogen-bond donors (Lipinski definition) is 2. The molecule has 3 rings (SSSR count). The van der Waals surface area contributed by atoms with Crippen LogP contribution in [-0.2, 0) is 19.1 Å². The molecule has 0 saturated heterocycles. The summed E-state index contributed by atoms with van der Waals surface area (Å²) >= 11 is 15.3. The molecule has 0 aliphatic carbocycles. The molecular weight excluding hydrogens is 559 g/mol. The highest BCUT2D eigenvalue weighted by Crippen LogP contribution is 2.32. The number of rotatable bonds is 9. The van der Waals surface area contributed by atoms with Crippen LogP contribution in [0, 0.1) is 6.92 Å². The number of carbonyl (C=O) groups is 3. The third-order valence-electron chi connectivity index (χ3n) is 4.64. The van der Waals surface area contributed by atoms with Gasteiger partial charge in [-0.2, -0.15) is 0 Å². The van der Waals surface area contributed by atoms with Crippen molar-refractivity contribution in [2.75, 3.05) is 17.2 Å². The van der Waals surface area contributed by atoms with Gasteiger partial charge < -0.3 is 20.1 Å². The minimum atomic E-state index is -0.647. The Morgan fingerprint density at radius 2 is 1.63 bits per heavy atom. The van der Waals surface area contributed by atoms with Crippen LogP contribution in [0.2, 0.25) is 10.0 Å². The molecule has 0 unspecified atom stereocenters. The third kappa shape index (κ3) is 8.58. The van der Waals surface area contributed by atoms with E-state index in [-0.39, 0.29) is 18.7 Å². The van der Waals surface area contributed by atoms with E-state index in [0.29, 0.717) is 32.9 Å². The Hall–Kier alpha value is -3.07. The monoisotopic (exact) mass is 578 g/mol. The van der Waals surface area contributed by atoms with Crippen molar-refractivity contribution >= 4 is 68.3 Å². The lowest BCUT2D eigenvalue weighted by Gasteiger charge is -2.10. The van der Waals surface area contributed by atoms with Crippen molar-refractivity contribution in [3.63, 3.8) is 0 Å². The third-order valence-corrected chi connectivity index (χ3v) is 5.67. The summed E-state index contributed by atoms with van der Waals surface area (Å²) in [5.74, 6) is -0.507. The average molecular weight is 580 g/mol. The smallest absolute Gasteiger partial charge is 0.306 e. The van der Waals surface area contributed by atoms with Gasteiger partial charge in [0, 0.05) is 27.3 Å². The summed E-state index contributed by atoms with van der Waals surface area (Å²) in [4.78, 5) is 36.1. The number of carbonyl (C=O) groups excluding carboxylic acids is 3. The highest BCUT2D eigenvalue weighted by molar-refractivity contribution is 9.10. The molecule has 0 aromatic heterocycles. The number of aryl methyl sites for hydroxylation is 1. The van der Waals surface area contributed by atoms with Crippen LogP contribution in [0.5, 0.6) is 11.5 Å². The van der Waals surface area contributed by atoms with Crippen LogP contribution in [0.25, 0.3) is 0 Å². The Morgan fingerprint density at radius 1 is 0.886 bits per heavy atom. The maximum atomic E-state index is 12.2. The van der Waals surface area contributed by atoms with E-state index >= 15 is 0 Å². The predicted octanol–water partition coefficient (Wildman–Crippen LogP) is 6.76. The van der Waals surface area contributed by atoms with Gasteiger partial charge in [0.2, 0.25) is 5.91 Å². The van der Waals surface area contributed by atoms with Gasteiger partial charge in [0.05, 0.1) is 11.4 Å². The molecule has 182 valence electrons. The first-order valence-corrected chi connectivity index (χ1v) is 12.0. The van der Waals surface area contributed by atoms with Gasteiger partial charge in [-0.15, -0.1) is 0 Å². The SMILES string of the molecule is Cc1cc(Br)ccc1NC(=O)COC(=O)CCC(=O)Nc1ccc(Oc2ccc(Cl)cc2Cl)cc1. The summed E-state index contributed by atoms with van der Waals surface area (Å²) in [5, 5.41) is 6.24. The number of anilines is 2. The first kappa shape index (κ1) is 26.5. The van der Waals surface area contributed by atoms with E-state index in [1.807, 2.05) is 13.0 Å². The Balaban J connectivity index is 1.39. The van der Waals surface area contributed by atoms with E-state index in [9.17, 15) is 14.4 Å². The molecule has 2 N–H and O–H groups in total. The van der Waals surface area contributed by atoms with Crippen molar-refractivity contribution in [2.45, 2.75) is 19.8 Å². The van der Waals surface area contributed by atoms with Crippen LogP contribution >= 0.6 is 39.1 Å². The molecule has 0 aliphatic rings. The summed E-state index contributed by atoms with van der Waals surface area (Å²) in [7, 11) is 0. The van der Waals surface area contributed by atoms with Crippen LogP contribution in [0.15, 0.2) is 65.1 Å². The second kappa shape index (κ2) is 12.6. The van der Waals surface area contributed by atoms with Crippen LogP contribution < -0.4 is 15.4 Å². The van der Waals surface area contributed by atoms with E-state index in [4.69, 9.17) is 32.7 Å². The normalized spacial score (nSPS) is 10.4. The molecule has 3 aromatic rings. The zero-order chi connectivity index (χ0) is 25.4. The van der Waals surface area contributed by atoms with E-state index in [0.717, 1.165) is 10.0 Å². The molecule has 0 spiro atoms. The van der Waals surface area contributed by atoms with E-state index < -0.39 is 18.5 Å². The minimum absolute atomic E-state index is 0.0924. The van der Waals surface area contributed by atoms with Crippen molar-refractivity contribution in [2.24, 2.45) is 0 Å². The summed E-state index contributed by atoms with van der Waals surface area (Å²) < 4.78 is 11.5. The molecular formula is C25H21BrCl2N2O5. The molecule has 2 amide bonds. The molecule has 3 aromatic carbocycles. The number of hydrogen-bond acceptors (Lipinski definition) is 5. The van der Waals surface area contributed by atoms with Gasteiger partial charge in [0.15, 0.2) is 6.61 Å². The number of benzene rings is 3. The molecule has 7 nitrogen and oxygen atoms in total. The van der Waals surface area contributed by atoms with Gasteiger partial charge >= 0.3 is 5.97 Å². The summed E-state index contributed by atoms with van der Waals surface area (Å²) in [6, 6.07) is 16.9. The number of nitrogens with one attached hydrogen (secondary N) is 2. The van der Waals surface area contributed by atoms with E-state index in [2.05, 4.69) is 26.6 Å². The molecule has 0 aliphatic heterocycles. The fourth-order valence-electron chi connectivity index (χ4n) is 2.90. The molecule has 0 saturated carbocycles. The Bertz CT molecular complexity index is 1240. The quantitative estimate of drug-likeness (QED) is 0.273. The largest absolute Gasteiger partial charge is 0.456 e. The van der Waals surface area contributed by atoms with Crippen LogP contribution in [0.3, 0.4) is 0 Å². The maximum Gasteiger partial charge on any atom is 0.306 e. The molecule has 0 radical (unpaired) electrons. The molecule has 10 heteroatoms. The van der Waals surface area contributed by atoms with Crippen molar-refractivity contribution in [1.82, 2.24) is 0 Å². The van der Waals surface area contributed by atoms with Gasteiger partial charge in [-0.3, -0.25) is 14.4 Å². The van der Waals surface area contributed by atoms with E-state index in [1.165, 1.54) is 0 Å².